The molecule has 1 fully saturated rings. The van der Waals surface area contributed by atoms with Crippen molar-refractivity contribution >= 4 is 16.9 Å². The fourth-order valence-electron chi connectivity index (χ4n) is 3.69. The molecular weight excluding hydrogens is 357 g/mol. The van der Waals surface area contributed by atoms with Crippen LogP contribution in [0.5, 0.6) is 0 Å². The average Bonchev–Trinajstić information content (AvgIpc) is 2.70. The van der Waals surface area contributed by atoms with Gasteiger partial charge in [0.2, 0.25) is 5.95 Å². The van der Waals surface area contributed by atoms with Crippen molar-refractivity contribution in [1.82, 2.24) is 9.55 Å². The zero-order chi connectivity index (χ0) is 19.7. The third kappa shape index (κ3) is 3.35. The molecule has 0 saturated carbocycles. The monoisotopic (exact) mass is 377 g/mol. The van der Waals surface area contributed by atoms with E-state index in [1.807, 2.05) is 17.0 Å². The number of rotatable bonds is 3. The summed E-state index contributed by atoms with van der Waals surface area (Å²) in [6.45, 7) is 1.52. The molecule has 2 N–H and O–H groups in total. The first kappa shape index (κ1) is 18.1. The van der Waals surface area contributed by atoms with Crippen LogP contribution in [0.4, 0.5) is 10.3 Å². The highest BCUT2D eigenvalue weighted by Gasteiger charge is 2.23. The Hall–Kier alpha value is -3.24. The standard InChI is InChI=1S/C21H20FN5O/c22-16-7-8-19-18(10-16)20(28)27(12-15-5-2-1-4-14(15)11-23)21(25-19)26-9-3-6-17(24)13-26/h1-2,4-5,7-8,10,17H,3,6,9,12-13,24H2. The van der Waals surface area contributed by atoms with Crippen LogP contribution in [0.25, 0.3) is 10.9 Å². The number of fused-ring (bicyclic) bond motifs is 1. The molecule has 0 radical (unpaired) electrons. The van der Waals surface area contributed by atoms with Gasteiger partial charge in [-0.25, -0.2) is 9.37 Å². The van der Waals surface area contributed by atoms with Crippen molar-refractivity contribution in [2.75, 3.05) is 18.0 Å². The van der Waals surface area contributed by atoms with Crippen LogP contribution >= 0.6 is 0 Å². The fourth-order valence-corrected chi connectivity index (χ4v) is 3.69. The van der Waals surface area contributed by atoms with Crippen molar-refractivity contribution in [3.8, 4) is 6.07 Å². The molecule has 1 aromatic heterocycles. The van der Waals surface area contributed by atoms with Crippen molar-refractivity contribution in [3.63, 3.8) is 0 Å². The van der Waals surface area contributed by atoms with Gasteiger partial charge in [0, 0.05) is 19.1 Å². The van der Waals surface area contributed by atoms with Gasteiger partial charge < -0.3 is 10.6 Å². The van der Waals surface area contributed by atoms with E-state index in [0.717, 1.165) is 19.4 Å². The zero-order valence-electron chi connectivity index (χ0n) is 15.3. The number of nitrogens with zero attached hydrogens (tertiary/aromatic N) is 4. The first-order chi connectivity index (χ1) is 13.6. The maximum atomic E-state index is 13.8. The lowest BCUT2D eigenvalue weighted by Gasteiger charge is -2.33. The summed E-state index contributed by atoms with van der Waals surface area (Å²) in [6.07, 6.45) is 1.84. The van der Waals surface area contributed by atoms with Gasteiger partial charge in [-0.2, -0.15) is 5.26 Å². The van der Waals surface area contributed by atoms with E-state index in [4.69, 9.17) is 5.73 Å². The Labute approximate surface area is 161 Å². The number of piperidine rings is 1. The predicted octanol–water partition coefficient (Wildman–Crippen LogP) is 2.38. The van der Waals surface area contributed by atoms with E-state index >= 15 is 0 Å². The van der Waals surface area contributed by atoms with E-state index in [0.29, 0.717) is 29.1 Å². The lowest BCUT2D eigenvalue weighted by atomic mass is 10.1. The van der Waals surface area contributed by atoms with Crippen LogP contribution < -0.4 is 16.2 Å². The van der Waals surface area contributed by atoms with Gasteiger partial charge in [-0.1, -0.05) is 18.2 Å². The van der Waals surface area contributed by atoms with E-state index in [2.05, 4.69) is 11.1 Å². The highest BCUT2D eigenvalue weighted by molar-refractivity contribution is 5.79. The second-order valence-electron chi connectivity index (χ2n) is 7.08. The number of hydrogen-bond donors (Lipinski definition) is 1. The normalized spacial score (nSPS) is 16.9. The Bertz CT molecular complexity index is 1130. The molecule has 3 aromatic rings. The minimum atomic E-state index is -0.483. The van der Waals surface area contributed by atoms with Crippen molar-refractivity contribution in [2.24, 2.45) is 5.73 Å². The van der Waals surface area contributed by atoms with Gasteiger partial charge in [-0.05, 0) is 42.7 Å². The molecule has 0 amide bonds. The predicted molar refractivity (Wildman–Crippen MR) is 106 cm³/mol. The molecule has 2 heterocycles. The molecule has 1 saturated heterocycles. The molecule has 28 heavy (non-hydrogen) atoms. The second kappa shape index (κ2) is 7.41. The molecule has 0 spiro atoms. The van der Waals surface area contributed by atoms with Gasteiger partial charge in [-0.15, -0.1) is 0 Å². The molecular formula is C21H20FN5O. The van der Waals surface area contributed by atoms with Crippen LogP contribution in [0.3, 0.4) is 0 Å². The summed E-state index contributed by atoms with van der Waals surface area (Å²) in [5, 5.41) is 9.62. The third-order valence-corrected chi connectivity index (χ3v) is 5.10. The van der Waals surface area contributed by atoms with Crippen LogP contribution in [-0.2, 0) is 6.54 Å². The van der Waals surface area contributed by atoms with Crippen LogP contribution in [-0.4, -0.2) is 28.7 Å². The quantitative estimate of drug-likeness (QED) is 0.757. The van der Waals surface area contributed by atoms with Gasteiger partial charge in [0.25, 0.3) is 5.56 Å². The topological polar surface area (TPSA) is 87.9 Å². The van der Waals surface area contributed by atoms with E-state index in [9.17, 15) is 14.4 Å². The number of nitriles is 1. The first-order valence-corrected chi connectivity index (χ1v) is 9.25. The molecule has 1 atom stereocenters. The summed E-state index contributed by atoms with van der Waals surface area (Å²) < 4.78 is 15.3. The number of nitrogens with two attached hydrogens (primary N) is 1. The molecule has 0 aliphatic carbocycles. The maximum absolute atomic E-state index is 13.8. The van der Waals surface area contributed by atoms with Crippen molar-refractivity contribution in [2.45, 2.75) is 25.4 Å². The van der Waals surface area contributed by atoms with Gasteiger partial charge in [0.05, 0.1) is 29.1 Å². The number of anilines is 1. The van der Waals surface area contributed by atoms with E-state index < -0.39 is 5.82 Å². The molecule has 4 rings (SSSR count). The summed E-state index contributed by atoms with van der Waals surface area (Å²) in [4.78, 5) is 19.9. The minimum Gasteiger partial charge on any atom is -0.341 e. The highest BCUT2D eigenvalue weighted by atomic mass is 19.1. The summed E-state index contributed by atoms with van der Waals surface area (Å²) in [5.41, 5.74) is 7.46. The van der Waals surface area contributed by atoms with E-state index in [1.165, 1.54) is 22.8 Å². The van der Waals surface area contributed by atoms with Crippen molar-refractivity contribution in [1.29, 1.82) is 5.26 Å². The molecule has 7 heteroatoms. The van der Waals surface area contributed by atoms with Crippen LogP contribution in [0.15, 0.2) is 47.3 Å². The van der Waals surface area contributed by atoms with Crippen LogP contribution in [0.1, 0.15) is 24.0 Å². The lowest BCUT2D eigenvalue weighted by Crippen LogP contribution is -2.45. The summed E-state index contributed by atoms with van der Waals surface area (Å²) in [6, 6.07) is 13.3. The summed E-state index contributed by atoms with van der Waals surface area (Å²) >= 11 is 0. The Morgan fingerprint density at radius 3 is 2.89 bits per heavy atom. The van der Waals surface area contributed by atoms with Gasteiger partial charge in [0.15, 0.2) is 0 Å². The molecule has 2 aromatic carbocycles. The van der Waals surface area contributed by atoms with Gasteiger partial charge in [-0.3, -0.25) is 9.36 Å². The van der Waals surface area contributed by atoms with Gasteiger partial charge in [0.1, 0.15) is 5.82 Å². The van der Waals surface area contributed by atoms with E-state index in [-0.39, 0.29) is 23.5 Å². The Kier molecular flexibility index (Phi) is 4.80. The smallest absolute Gasteiger partial charge is 0.263 e. The minimum absolute atomic E-state index is 0.00871. The third-order valence-electron chi connectivity index (χ3n) is 5.10. The van der Waals surface area contributed by atoms with Crippen LogP contribution in [0, 0.1) is 17.1 Å². The van der Waals surface area contributed by atoms with Gasteiger partial charge >= 0.3 is 0 Å². The highest BCUT2D eigenvalue weighted by Crippen LogP contribution is 2.21. The number of hydrogen-bond acceptors (Lipinski definition) is 5. The molecule has 142 valence electrons. The number of benzene rings is 2. The molecule has 1 unspecified atom stereocenters. The lowest BCUT2D eigenvalue weighted by molar-refractivity contribution is 0.492. The molecule has 1 aliphatic heterocycles. The summed E-state index contributed by atoms with van der Waals surface area (Å²) in [7, 11) is 0. The van der Waals surface area contributed by atoms with Crippen LogP contribution in [0.2, 0.25) is 0 Å². The maximum Gasteiger partial charge on any atom is 0.263 e. The fraction of sp³-hybridized carbons (Fsp3) is 0.286. The first-order valence-electron chi connectivity index (χ1n) is 9.25. The largest absolute Gasteiger partial charge is 0.341 e. The second-order valence-corrected chi connectivity index (χ2v) is 7.08. The van der Waals surface area contributed by atoms with Crippen molar-refractivity contribution in [3.05, 3.63) is 69.8 Å². The number of halogens is 1. The zero-order valence-corrected chi connectivity index (χ0v) is 15.3. The Balaban J connectivity index is 1.91. The average molecular weight is 377 g/mol. The molecule has 1 aliphatic rings. The summed E-state index contributed by atoms with van der Waals surface area (Å²) in [5.74, 6) is 0.0233. The molecule has 6 nitrogen and oxygen atoms in total. The molecule has 0 bridgehead atoms. The SMILES string of the molecule is N#Cc1ccccc1Cn1c(N2CCCC(N)C2)nc2ccc(F)cc2c1=O. The Morgan fingerprint density at radius 2 is 2.11 bits per heavy atom. The van der Waals surface area contributed by atoms with Crippen molar-refractivity contribution < 1.29 is 4.39 Å². The van der Waals surface area contributed by atoms with E-state index in [1.54, 1.807) is 12.1 Å². The number of aromatic nitrogens is 2. The Morgan fingerprint density at radius 1 is 1.29 bits per heavy atom.